The lowest BCUT2D eigenvalue weighted by Gasteiger charge is -2.07. The van der Waals surface area contributed by atoms with Crippen molar-refractivity contribution in [3.05, 3.63) is 63.2 Å². The van der Waals surface area contributed by atoms with E-state index in [9.17, 15) is 19.7 Å². The Morgan fingerprint density at radius 3 is 2.67 bits per heavy atom. The smallest absolute Gasteiger partial charge is 0.338 e. The predicted octanol–water partition coefficient (Wildman–Crippen LogP) is 2.63. The normalized spacial score (nSPS) is 10.0. The van der Waals surface area contributed by atoms with Crippen molar-refractivity contribution in [3.8, 4) is 0 Å². The molecule has 0 atom stereocenters. The van der Waals surface area contributed by atoms with Crippen molar-refractivity contribution in [2.45, 2.75) is 0 Å². The summed E-state index contributed by atoms with van der Waals surface area (Å²) in [6.07, 6.45) is 0. The van der Waals surface area contributed by atoms with E-state index in [1.54, 1.807) is 18.2 Å². The highest BCUT2D eigenvalue weighted by molar-refractivity contribution is 6.30. The van der Waals surface area contributed by atoms with Gasteiger partial charge in [-0.25, -0.2) is 4.79 Å². The third kappa shape index (κ3) is 4.43. The molecule has 0 heterocycles. The molecule has 2 aromatic rings. The summed E-state index contributed by atoms with van der Waals surface area (Å²) in [5.74, 6) is -1.45. The second-order valence-corrected chi connectivity index (χ2v) is 5.10. The van der Waals surface area contributed by atoms with Crippen molar-refractivity contribution < 1.29 is 19.2 Å². The van der Waals surface area contributed by atoms with Crippen LogP contribution in [0.2, 0.25) is 5.02 Å². The fraction of sp³-hybridized carbons (Fsp3) is 0.0667. The molecule has 0 saturated carbocycles. The molecule has 0 aliphatic rings. The Balaban J connectivity index is 1.96. The number of esters is 1. The SMILES string of the molecule is Nc1ccc(C(=O)OCC(=O)Nc2cccc(Cl)c2)cc1[N+](=O)[O-]. The monoisotopic (exact) mass is 349 g/mol. The van der Waals surface area contributed by atoms with Crippen LogP contribution in [-0.4, -0.2) is 23.4 Å². The van der Waals surface area contributed by atoms with Crippen molar-refractivity contribution in [3.63, 3.8) is 0 Å². The molecular formula is C15H12ClN3O5. The number of rotatable bonds is 5. The van der Waals surface area contributed by atoms with Gasteiger partial charge in [-0.15, -0.1) is 0 Å². The van der Waals surface area contributed by atoms with E-state index < -0.39 is 29.1 Å². The van der Waals surface area contributed by atoms with Gasteiger partial charge in [0.1, 0.15) is 5.69 Å². The molecule has 9 heteroatoms. The lowest BCUT2D eigenvalue weighted by atomic mass is 10.2. The first-order chi connectivity index (χ1) is 11.4. The number of hydrogen-bond donors (Lipinski definition) is 2. The number of nitrogens with zero attached hydrogens (tertiary/aromatic N) is 1. The molecule has 2 rings (SSSR count). The summed E-state index contributed by atoms with van der Waals surface area (Å²) in [5, 5.41) is 13.7. The van der Waals surface area contributed by atoms with Gasteiger partial charge in [0, 0.05) is 16.8 Å². The summed E-state index contributed by atoms with van der Waals surface area (Å²) in [7, 11) is 0. The van der Waals surface area contributed by atoms with Crippen molar-refractivity contribution >= 4 is 40.5 Å². The fourth-order valence-electron chi connectivity index (χ4n) is 1.81. The first-order valence-corrected chi connectivity index (χ1v) is 7.01. The number of carbonyl (C=O) groups is 2. The van der Waals surface area contributed by atoms with Gasteiger partial charge in [-0.1, -0.05) is 17.7 Å². The molecule has 0 aliphatic heterocycles. The topological polar surface area (TPSA) is 125 Å². The van der Waals surface area contributed by atoms with Crippen molar-refractivity contribution in [2.75, 3.05) is 17.7 Å². The second-order valence-electron chi connectivity index (χ2n) is 4.67. The molecule has 124 valence electrons. The van der Waals surface area contributed by atoms with Crippen LogP contribution in [0.4, 0.5) is 17.1 Å². The Bertz CT molecular complexity index is 809. The molecule has 0 spiro atoms. The summed E-state index contributed by atoms with van der Waals surface area (Å²) in [5.41, 5.74) is 5.33. The maximum absolute atomic E-state index is 11.9. The minimum absolute atomic E-state index is 0.0738. The number of nitrogen functional groups attached to an aromatic ring is 1. The number of ether oxygens (including phenoxy) is 1. The Morgan fingerprint density at radius 2 is 2.00 bits per heavy atom. The number of nitro groups is 1. The van der Waals surface area contributed by atoms with Gasteiger partial charge in [-0.3, -0.25) is 14.9 Å². The summed E-state index contributed by atoms with van der Waals surface area (Å²) in [6.45, 7) is -0.552. The van der Waals surface area contributed by atoms with E-state index in [0.717, 1.165) is 6.07 Å². The van der Waals surface area contributed by atoms with Crippen LogP contribution in [0, 0.1) is 10.1 Å². The highest BCUT2D eigenvalue weighted by Gasteiger charge is 2.17. The summed E-state index contributed by atoms with van der Waals surface area (Å²) < 4.78 is 4.82. The first kappa shape index (κ1) is 17.2. The zero-order chi connectivity index (χ0) is 17.7. The standard InChI is InChI=1S/C15H12ClN3O5/c16-10-2-1-3-11(7-10)18-14(20)8-24-15(21)9-4-5-12(17)13(6-9)19(22)23/h1-7H,8,17H2,(H,18,20). The molecule has 3 N–H and O–H groups in total. The van der Waals surface area contributed by atoms with Crippen LogP contribution < -0.4 is 11.1 Å². The number of nitrogens with one attached hydrogen (secondary N) is 1. The molecule has 1 amide bonds. The highest BCUT2D eigenvalue weighted by atomic mass is 35.5. The van der Waals surface area contributed by atoms with Crippen LogP contribution in [0.3, 0.4) is 0 Å². The Hall–Kier alpha value is -3.13. The van der Waals surface area contributed by atoms with Gasteiger partial charge in [0.05, 0.1) is 10.5 Å². The lowest BCUT2D eigenvalue weighted by molar-refractivity contribution is -0.383. The summed E-state index contributed by atoms with van der Waals surface area (Å²) in [6, 6.07) is 9.94. The number of hydrogen-bond acceptors (Lipinski definition) is 6. The van der Waals surface area contributed by atoms with Crippen LogP contribution in [0.1, 0.15) is 10.4 Å². The summed E-state index contributed by atoms with van der Waals surface area (Å²) in [4.78, 5) is 33.7. The van der Waals surface area contributed by atoms with Gasteiger partial charge in [-0.05, 0) is 30.3 Å². The molecule has 0 aliphatic carbocycles. The Kier molecular flexibility index (Phi) is 5.33. The lowest BCUT2D eigenvalue weighted by Crippen LogP contribution is -2.21. The molecule has 0 radical (unpaired) electrons. The van der Waals surface area contributed by atoms with E-state index in [1.807, 2.05) is 0 Å². The predicted molar refractivity (Wildman–Crippen MR) is 87.9 cm³/mol. The average molecular weight is 350 g/mol. The third-order valence-corrected chi connectivity index (χ3v) is 3.14. The van der Waals surface area contributed by atoms with E-state index >= 15 is 0 Å². The van der Waals surface area contributed by atoms with Crippen LogP contribution in [0.25, 0.3) is 0 Å². The maximum atomic E-state index is 11.9. The highest BCUT2D eigenvalue weighted by Crippen LogP contribution is 2.22. The van der Waals surface area contributed by atoms with Crippen LogP contribution >= 0.6 is 11.6 Å². The molecule has 0 unspecified atom stereocenters. The number of carbonyl (C=O) groups excluding carboxylic acids is 2. The molecule has 0 bridgehead atoms. The number of anilines is 2. The molecule has 0 fully saturated rings. The number of nitro benzene ring substituents is 1. The Labute approximate surface area is 141 Å². The quantitative estimate of drug-likeness (QED) is 0.370. The van der Waals surface area contributed by atoms with Gasteiger partial charge in [0.2, 0.25) is 0 Å². The van der Waals surface area contributed by atoms with Crippen molar-refractivity contribution in [1.82, 2.24) is 0 Å². The fourth-order valence-corrected chi connectivity index (χ4v) is 2.00. The summed E-state index contributed by atoms with van der Waals surface area (Å²) >= 11 is 5.79. The van der Waals surface area contributed by atoms with Crippen LogP contribution in [0.5, 0.6) is 0 Å². The molecule has 0 aromatic heterocycles. The van der Waals surface area contributed by atoms with Gasteiger partial charge in [-0.2, -0.15) is 0 Å². The number of benzene rings is 2. The number of amides is 1. The van der Waals surface area contributed by atoms with Crippen molar-refractivity contribution in [2.24, 2.45) is 0 Å². The third-order valence-electron chi connectivity index (χ3n) is 2.91. The van der Waals surface area contributed by atoms with Crippen LogP contribution in [-0.2, 0) is 9.53 Å². The zero-order valence-corrected chi connectivity index (χ0v) is 12.9. The minimum atomic E-state index is -0.876. The van der Waals surface area contributed by atoms with E-state index in [4.69, 9.17) is 22.1 Å². The molecular weight excluding hydrogens is 338 g/mol. The first-order valence-electron chi connectivity index (χ1n) is 6.63. The van der Waals surface area contributed by atoms with Crippen molar-refractivity contribution in [1.29, 1.82) is 0 Å². The number of nitrogens with two attached hydrogens (primary N) is 1. The van der Waals surface area contributed by atoms with E-state index in [2.05, 4.69) is 5.32 Å². The second kappa shape index (κ2) is 7.42. The largest absolute Gasteiger partial charge is 0.452 e. The van der Waals surface area contributed by atoms with E-state index in [-0.39, 0.29) is 11.3 Å². The zero-order valence-electron chi connectivity index (χ0n) is 12.2. The van der Waals surface area contributed by atoms with Gasteiger partial charge < -0.3 is 15.8 Å². The van der Waals surface area contributed by atoms with Gasteiger partial charge in [0.25, 0.3) is 11.6 Å². The van der Waals surface area contributed by atoms with E-state index in [0.29, 0.717) is 10.7 Å². The van der Waals surface area contributed by atoms with E-state index in [1.165, 1.54) is 18.2 Å². The van der Waals surface area contributed by atoms with Gasteiger partial charge >= 0.3 is 5.97 Å². The van der Waals surface area contributed by atoms with Crippen LogP contribution in [0.15, 0.2) is 42.5 Å². The average Bonchev–Trinajstić information content (AvgIpc) is 2.52. The molecule has 0 saturated heterocycles. The molecule has 2 aromatic carbocycles. The maximum Gasteiger partial charge on any atom is 0.338 e. The van der Waals surface area contributed by atoms with Gasteiger partial charge in [0.15, 0.2) is 6.61 Å². The minimum Gasteiger partial charge on any atom is -0.452 e. The molecule has 24 heavy (non-hydrogen) atoms. The molecule has 8 nitrogen and oxygen atoms in total. The number of halogens is 1. The Morgan fingerprint density at radius 1 is 1.25 bits per heavy atom.